The van der Waals surface area contributed by atoms with Gasteiger partial charge in [-0.25, -0.2) is 9.78 Å². The van der Waals surface area contributed by atoms with Crippen LogP contribution >= 0.6 is 0 Å². The van der Waals surface area contributed by atoms with Crippen molar-refractivity contribution in [3.05, 3.63) is 101 Å². The molecule has 1 aliphatic heterocycles. The number of anilines is 5. The number of benzene rings is 3. The Morgan fingerprint density at radius 3 is 2.49 bits per heavy atom. The Morgan fingerprint density at radius 2 is 1.74 bits per heavy atom. The van der Waals surface area contributed by atoms with Crippen LogP contribution in [0.5, 0.6) is 0 Å². The van der Waals surface area contributed by atoms with Crippen LogP contribution in [-0.2, 0) is 12.7 Å². The summed E-state index contributed by atoms with van der Waals surface area (Å²) in [5.74, 6) is 0.120. The van der Waals surface area contributed by atoms with Crippen LogP contribution in [0.25, 0.3) is 0 Å². The second kappa shape index (κ2) is 10.1. The van der Waals surface area contributed by atoms with Gasteiger partial charge in [-0.05, 0) is 55.0 Å². The van der Waals surface area contributed by atoms with Gasteiger partial charge in [-0.15, -0.1) is 0 Å². The van der Waals surface area contributed by atoms with Gasteiger partial charge >= 0.3 is 12.2 Å². The van der Waals surface area contributed by atoms with Gasteiger partial charge < -0.3 is 10.6 Å². The van der Waals surface area contributed by atoms with E-state index >= 15 is 0 Å². The zero-order valence-electron chi connectivity index (χ0n) is 21.0. The molecule has 4 aromatic rings. The van der Waals surface area contributed by atoms with Gasteiger partial charge in [-0.1, -0.05) is 30.3 Å². The second-order valence-electron chi connectivity index (χ2n) is 9.00. The molecule has 0 unspecified atom stereocenters. The fourth-order valence-electron chi connectivity index (χ4n) is 4.23. The number of aromatic nitrogens is 2. The topological polar surface area (TPSA) is 90.5 Å². The Morgan fingerprint density at radius 1 is 0.974 bits per heavy atom. The van der Waals surface area contributed by atoms with Crippen molar-refractivity contribution in [1.29, 1.82) is 0 Å². The van der Waals surface area contributed by atoms with E-state index in [4.69, 9.17) is 0 Å². The molecule has 1 aliphatic rings. The third kappa shape index (κ3) is 5.37. The molecule has 3 aromatic carbocycles. The number of alkyl halides is 3. The normalized spacial score (nSPS) is 13.2. The highest BCUT2D eigenvalue weighted by atomic mass is 19.4. The summed E-state index contributed by atoms with van der Waals surface area (Å²) in [5, 5.41) is 5.74. The first-order valence-electron chi connectivity index (χ1n) is 11.9. The van der Waals surface area contributed by atoms with Crippen LogP contribution in [0.1, 0.15) is 27.0 Å². The molecular formula is C28H23F3N6O2. The number of amides is 3. The first kappa shape index (κ1) is 25.7. The summed E-state index contributed by atoms with van der Waals surface area (Å²) in [5.41, 5.74) is 2.11. The van der Waals surface area contributed by atoms with Gasteiger partial charge in [0.1, 0.15) is 5.82 Å². The van der Waals surface area contributed by atoms with Crippen LogP contribution in [0.3, 0.4) is 0 Å². The van der Waals surface area contributed by atoms with E-state index in [9.17, 15) is 22.8 Å². The Labute approximate surface area is 222 Å². The first-order chi connectivity index (χ1) is 18.6. The highest BCUT2D eigenvalue weighted by molar-refractivity contribution is 6.07. The molecule has 0 fully saturated rings. The van der Waals surface area contributed by atoms with E-state index in [1.807, 2.05) is 37.3 Å². The van der Waals surface area contributed by atoms with Crippen molar-refractivity contribution in [2.24, 2.45) is 0 Å². The zero-order chi connectivity index (χ0) is 27.7. The highest BCUT2D eigenvalue weighted by Gasteiger charge is 2.32. The summed E-state index contributed by atoms with van der Waals surface area (Å²) in [4.78, 5) is 38.0. The van der Waals surface area contributed by atoms with Crippen molar-refractivity contribution in [2.45, 2.75) is 19.6 Å². The Bertz CT molecular complexity index is 1560. The predicted octanol–water partition coefficient (Wildman–Crippen LogP) is 6.38. The van der Waals surface area contributed by atoms with Crippen LogP contribution in [0, 0.1) is 6.92 Å². The monoisotopic (exact) mass is 532 g/mol. The molecule has 5 rings (SSSR count). The number of hydrogen-bond donors (Lipinski definition) is 2. The minimum Gasteiger partial charge on any atom is -0.324 e. The quantitative estimate of drug-likeness (QED) is 0.312. The minimum atomic E-state index is -4.56. The molecule has 2 N–H and O–H groups in total. The maximum Gasteiger partial charge on any atom is 0.416 e. The number of hydrogen-bond acceptors (Lipinski definition) is 5. The lowest BCUT2D eigenvalue weighted by atomic mass is 10.1. The van der Waals surface area contributed by atoms with Crippen molar-refractivity contribution < 1.29 is 22.8 Å². The zero-order valence-corrected chi connectivity index (χ0v) is 21.0. The van der Waals surface area contributed by atoms with Gasteiger partial charge in [-0.2, -0.15) is 18.2 Å². The van der Waals surface area contributed by atoms with E-state index in [0.717, 1.165) is 23.4 Å². The summed E-state index contributed by atoms with van der Waals surface area (Å²) in [6.45, 7) is 2.01. The van der Waals surface area contributed by atoms with Gasteiger partial charge in [0.2, 0.25) is 5.95 Å². The molecule has 0 saturated heterocycles. The molecule has 2 heterocycles. The molecule has 3 amide bonds. The second-order valence-corrected chi connectivity index (χ2v) is 9.00. The van der Waals surface area contributed by atoms with Crippen molar-refractivity contribution in [2.75, 3.05) is 27.5 Å². The SMILES string of the molecule is Cc1ccc(NC(=O)c2cccc(C(F)(F)F)c2)cc1N1Cc2cnc(Nc3ccccc3)nc2N(C)C1=O. The van der Waals surface area contributed by atoms with Crippen LogP contribution in [0.15, 0.2) is 79.0 Å². The van der Waals surface area contributed by atoms with Crippen molar-refractivity contribution >= 4 is 40.8 Å². The Hall–Kier alpha value is -4.93. The Balaban J connectivity index is 1.38. The number of aryl methyl sites for hydroxylation is 1. The molecule has 0 aliphatic carbocycles. The largest absolute Gasteiger partial charge is 0.416 e. The number of fused-ring (bicyclic) bond motifs is 1. The number of halogens is 3. The lowest BCUT2D eigenvalue weighted by Crippen LogP contribution is -2.46. The number of urea groups is 1. The summed E-state index contributed by atoms with van der Waals surface area (Å²) in [6.07, 6.45) is -2.91. The molecule has 0 bridgehead atoms. The van der Waals surface area contributed by atoms with E-state index in [1.54, 1.807) is 31.4 Å². The van der Waals surface area contributed by atoms with E-state index in [1.165, 1.54) is 21.9 Å². The third-order valence-corrected chi connectivity index (χ3v) is 6.25. The minimum absolute atomic E-state index is 0.133. The number of nitrogens with one attached hydrogen (secondary N) is 2. The summed E-state index contributed by atoms with van der Waals surface area (Å²) < 4.78 is 39.2. The smallest absolute Gasteiger partial charge is 0.324 e. The maximum atomic E-state index is 13.4. The van der Waals surface area contributed by atoms with Gasteiger partial charge in [0, 0.05) is 35.7 Å². The fourth-order valence-corrected chi connectivity index (χ4v) is 4.23. The van der Waals surface area contributed by atoms with Crippen LogP contribution in [0.2, 0.25) is 0 Å². The number of rotatable bonds is 5. The van der Waals surface area contributed by atoms with Crippen molar-refractivity contribution in [3.8, 4) is 0 Å². The molecule has 0 saturated carbocycles. The van der Waals surface area contributed by atoms with E-state index in [-0.39, 0.29) is 18.1 Å². The summed E-state index contributed by atoms with van der Waals surface area (Å²) in [6, 6.07) is 18.2. The lowest BCUT2D eigenvalue weighted by Gasteiger charge is -2.35. The lowest BCUT2D eigenvalue weighted by molar-refractivity contribution is -0.137. The van der Waals surface area contributed by atoms with Gasteiger partial charge in [0.25, 0.3) is 5.91 Å². The molecule has 0 atom stereocenters. The molecule has 198 valence electrons. The first-order valence-corrected chi connectivity index (χ1v) is 11.9. The average Bonchev–Trinajstić information content (AvgIpc) is 2.92. The highest BCUT2D eigenvalue weighted by Crippen LogP contribution is 2.34. The standard InChI is InChI=1S/C28H23F3N6O2/c1-17-11-12-22(33-25(38)18-7-6-8-20(13-18)28(29,30)31)14-23(17)37-16-19-15-32-26(34-21-9-4-3-5-10-21)35-24(19)36(2)27(37)39/h3-15H,16H2,1-2H3,(H,33,38)(H,32,34,35). The van der Waals surface area contributed by atoms with Crippen LogP contribution in [0.4, 0.5) is 46.8 Å². The van der Waals surface area contributed by atoms with Gasteiger partial charge in [0.05, 0.1) is 17.8 Å². The fraction of sp³-hybridized carbons (Fsp3) is 0.143. The number of carbonyl (C=O) groups is 2. The third-order valence-electron chi connectivity index (χ3n) is 6.25. The summed E-state index contributed by atoms with van der Waals surface area (Å²) >= 11 is 0. The molecule has 11 heteroatoms. The maximum absolute atomic E-state index is 13.4. The van der Waals surface area contributed by atoms with Crippen LogP contribution in [-0.4, -0.2) is 29.0 Å². The number of para-hydroxylation sites is 1. The molecule has 0 radical (unpaired) electrons. The Kier molecular flexibility index (Phi) is 6.65. The van der Waals surface area contributed by atoms with Crippen LogP contribution < -0.4 is 20.4 Å². The van der Waals surface area contributed by atoms with Crippen molar-refractivity contribution in [3.63, 3.8) is 0 Å². The average molecular weight is 533 g/mol. The van der Waals surface area contributed by atoms with Gasteiger partial charge in [-0.3, -0.25) is 14.6 Å². The molecule has 8 nitrogen and oxygen atoms in total. The molecule has 39 heavy (non-hydrogen) atoms. The van der Waals surface area contributed by atoms with Crippen molar-refractivity contribution in [1.82, 2.24) is 9.97 Å². The molecule has 1 aromatic heterocycles. The van der Waals surface area contributed by atoms with E-state index in [2.05, 4.69) is 20.6 Å². The summed E-state index contributed by atoms with van der Waals surface area (Å²) in [7, 11) is 1.61. The number of carbonyl (C=O) groups excluding carboxylic acids is 2. The van der Waals surface area contributed by atoms with E-state index < -0.39 is 17.6 Å². The molecular weight excluding hydrogens is 509 g/mol. The van der Waals surface area contributed by atoms with Gasteiger partial charge in [0.15, 0.2) is 0 Å². The predicted molar refractivity (Wildman–Crippen MR) is 142 cm³/mol. The molecule has 0 spiro atoms. The number of nitrogens with zero attached hydrogens (tertiary/aromatic N) is 4. The van der Waals surface area contributed by atoms with E-state index in [0.29, 0.717) is 28.7 Å².